The van der Waals surface area contributed by atoms with E-state index in [0.717, 1.165) is 17.7 Å². The van der Waals surface area contributed by atoms with Gasteiger partial charge in [-0.05, 0) is 30.2 Å². The highest BCUT2D eigenvalue weighted by molar-refractivity contribution is 7.89. The molecule has 0 amide bonds. The summed E-state index contributed by atoms with van der Waals surface area (Å²) in [6.07, 6.45) is 1.96. The zero-order valence-electron chi connectivity index (χ0n) is 10.6. The Morgan fingerprint density at radius 2 is 2.17 bits per heavy atom. The molecule has 0 unspecified atom stereocenters. The van der Waals surface area contributed by atoms with Crippen molar-refractivity contribution in [2.45, 2.75) is 43.5 Å². The fourth-order valence-corrected chi connectivity index (χ4v) is 5.47. The fourth-order valence-electron chi connectivity index (χ4n) is 1.95. The molecule has 1 aromatic heterocycles. The molecule has 6 heteroatoms. The largest absolute Gasteiger partial charge is 0.244 e. The van der Waals surface area contributed by atoms with Crippen LogP contribution in [0.2, 0.25) is 0 Å². The molecule has 0 aromatic carbocycles. The average Bonchev–Trinajstić information content (AvgIpc) is 3.01. The van der Waals surface area contributed by atoms with E-state index in [-0.39, 0.29) is 11.9 Å². The number of halogens is 1. The monoisotopic (exact) mass is 307 g/mol. The van der Waals surface area contributed by atoms with E-state index in [1.165, 1.54) is 11.3 Å². The van der Waals surface area contributed by atoms with Gasteiger partial charge in [0.1, 0.15) is 0 Å². The number of alkyl halides is 1. The number of sulfonamides is 1. The maximum Gasteiger partial charge on any atom is 0.244 e. The van der Waals surface area contributed by atoms with Crippen molar-refractivity contribution in [1.29, 1.82) is 0 Å². The van der Waals surface area contributed by atoms with Crippen molar-refractivity contribution in [3.8, 4) is 0 Å². The fraction of sp³-hybridized carbons (Fsp3) is 0.667. The molecule has 0 spiro atoms. The lowest BCUT2D eigenvalue weighted by atomic mass is 10.2. The minimum Gasteiger partial charge on any atom is -0.207 e. The van der Waals surface area contributed by atoms with Gasteiger partial charge in [0.05, 0.1) is 10.8 Å². The standard InChI is InChI=1S/C12H18ClNO2S2/c1-9(2)8-14(10-3-4-10)18(15,16)12-5-6-17-11(12)7-13/h5-6,9-10H,3-4,7-8H2,1-2H3. The summed E-state index contributed by atoms with van der Waals surface area (Å²) in [6, 6.07) is 1.87. The first-order valence-electron chi connectivity index (χ1n) is 6.11. The maximum atomic E-state index is 12.7. The smallest absolute Gasteiger partial charge is 0.207 e. The van der Waals surface area contributed by atoms with Crippen LogP contribution in [-0.2, 0) is 15.9 Å². The minimum absolute atomic E-state index is 0.195. The Morgan fingerprint density at radius 1 is 1.50 bits per heavy atom. The van der Waals surface area contributed by atoms with Crippen LogP contribution in [0, 0.1) is 5.92 Å². The van der Waals surface area contributed by atoms with E-state index in [4.69, 9.17) is 11.6 Å². The molecule has 102 valence electrons. The molecule has 0 aliphatic heterocycles. The second-order valence-corrected chi connectivity index (χ2v) is 8.17. The highest BCUT2D eigenvalue weighted by atomic mass is 35.5. The van der Waals surface area contributed by atoms with Crippen LogP contribution in [0.4, 0.5) is 0 Å². The van der Waals surface area contributed by atoms with Crippen LogP contribution in [0.3, 0.4) is 0 Å². The van der Waals surface area contributed by atoms with Crippen LogP contribution >= 0.6 is 22.9 Å². The third-order valence-corrected chi connectivity index (χ3v) is 6.39. The Kier molecular flexibility index (Phi) is 4.36. The van der Waals surface area contributed by atoms with Gasteiger partial charge in [-0.3, -0.25) is 0 Å². The van der Waals surface area contributed by atoms with E-state index in [9.17, 15) is 8.42 Å². The molecule has 1 aliphatic carbocycles. The molecule has 1 saturated carbocycles. The summed E-state index contributed by atoms with van der Waals surface area (Å²) in [6.45, 7) is 4.67. The number of hydrogen-bond donors (Lipinski definition) is 0. The summed E-state index contributed by atoms with van der Waals surface area (Å²) in [5.41, 5.74) is 0. The topological polar surface area (TPSA) is 37.4 Å². The second-order valence-electron chi connectivity index (χ2n) is 5.04. The quantitative estimate of drug-likeness (QED) is 0.756. The van der Waals surface area contributed by atoms with Gasteiger partial charge in [0.25, 0.3) is 0 Å². The molecule has 1 heterocycles. The van der Waals surface area contributed by atoms with Crippen LogP contribution < -0.4 is 0 Å². The zero-order valence-corrected chi connectivity index (χ0v) is 13.0. The Bertz CT molecular complexity index is 506. The molecule has 0 N–H and O–H groups in total. The maximum absolute atomic E-state index is 12.7. The van der Waals surface area contributed by atoms with E-state index in [2.05, 4.69) is 0 Å². The van der Waals surface area contributed by atoms with E-state index >= 15 is 0 Å². The lowest BCUT2D eigenvalue weighted by molar-refractivity contribution is 0.360. The molecule has 0 radical (unpaired) electrons. The first-order chi connectivity index (χ1) is 8.46. The number of thiophene rings is 1. The Balaban J connectivity index is 2.33. The highest BCUT2D eigenvalue weighted by Gasteiger charge is 2.39. The lowest BCUT2D eigenvalue weighted by Crippen LogP contribution is -2.36. The summed E-state index contributed by atoms with van der Waals surface area (Å²) in [5, 5.41) is 1.80. The van der Waals surface area contributed by atoms with Gasteiger partial charge in [0.15, 0.2) is 0 Å². The van der Waals surface area contributed by atoms with Gasteiger partial charge < -0.3 is 0 Å². The van der Waals surface area contributed by atoms with E-state index in [0.29, 0.717) is 17.4 Å². The van der Waals surface area contributed by atoms with Crippen LogP contribution in [0.1, 0.15) is 31.6 Å². The molecule has 0 atom stereocenters. The summed E-state index contributed by atoms with van der Waals surface area (Å²) in [5.74, 6) is 0.588. The van der Waals surface area contributed by atoms with Crippen LogP contribution in [0.25, 0.3) is 0 Å². The molecule has 0 bridgehead atoms. The van der Waals surface area contributed by atoms with Gasteiger partial charge in [-0.25, -0.2) is 8.42 Å². The van der Waals surface area contributed by atoms with Gasteiger partial charge in [0, 0.05) is 17.5 Å². The van der Waals surface area contributed by atoms with Crippen molar-refractivity contribution in [2.75, 3.05) is 6.54 Å². The van der Waals surface area contributed by atoms with Crippen LogP contribution in [0.5, 0.6) is 0 Å². The number of nitrogens with zero attached hydrogens (tertiary/aromatic N) is 1. The normalized spacial score (nSPS) is 16.7. The number of hydrogen-bond acceptors (Lipinski definition) is 3. The molecule has 2 rings (SSSR count). The van der Waals surface area contributed by atoms with E-state index < -0.39 is 10.0 Å². The van der Waals surface area contributed by atoms with Gasteiger partial charge in [-0.1, -0.05) is 13.8 Å². The Hall–Kier alpha value is -0.100. The highest BCUT2D eigenvalue weighted by Crippen LogP contribution is 2.35. The predicted molar refractivity (Wildman–Crippen MR) is 75.6 cm³/mol. The minimum atomic E-state index is -3.37. The van der Waals surface area contributed by atoms with Crippen molar-refractivity contribution >= 4 is 33.0 Å². The summed E-state index contributed by atoms with van der Waals surface area (Å²) in [4.78, 5) is 1.14. The summed E-state index contributed by atoms with van der Waals surface area (Å²) >= 11 is 7.22. The first-order valence-corrected chi connectivity index (χ1v) is 8.96. The number of rotatable bonds is 6. The van der Waals surface area contributed by atoms with Gasteiger partial charge in [-0.2, -0.15) is 4.31 Å². The predicted octanol–water partition coefficient (Wildman–Crippen LogP) is 3.30. The van der Waals surface area contributed by atoms with Crippen molar-refractivity contribution in [3.05, 3.63) is 16.3 Å². The lowest BCUT2D eigenvalue weighted by Gasteiger charge is -2.23. The van der Waals surface area contributed by atoms with Crippen LogP contribution in [-0.4, -0.2) is 25.3 Å². The van der Waals surface area contributed by atoms with E-state index in [1.54, 1.807) is 15.8 Å². The molecule has 0 saturated heterocycles. The Morgan fingerprint density at radius 3 is 2.67 bits per heavy atom. The third kappa shape index (κ3) is 2.90. The summed E-state index contributed by atoms with van der Waals surface area (Å²) < 4.78 is 27.0. The van der Waals surface area contributed by atoms with E-state index in [1.807, 2.05) is 13.8 Å². The molecule has 1 aliphatic rings. The molecule has 3 nitrogen and oxygen atoms in total. The first kappa shape index (κ1) is 14.3. The summed E-state index contributed by atoms with van der Waals surface area (Å²) in [7, 11) is -3.37. The SMILES string of the molecule is CC(C)CN(C1CC1)S(=O)(=O)c1ccsc1CCl. The molecular weight excluding hydrogens is 290 g/mol. The molecule has 1 aromatic rings. The Labute approximate surface area is 118 Å². The van der Waals surface area contributed by atoms with Crippen LogP contribution in [0.15, 0.2) is 16.3 Å². The van der Waals surface area contributed by atoms with Gasteiger partial charge >= 0.3 is 0 Å². The third-order valence-electron chi connectivity index (χ3n) is 2.91. The van der Waals surface area contributed by atoms with Crippen molar-refractivity contribution in [2.24, 2.45) is 5.92 Å². The van der Waals surface area contributed by atoms with Crippen molar-refractivity contribution < 1.29 is 8.42 Å². The molecule has 18 heavy (non-hydrogen) atoms. The van der Waals surface area contributed by atoms with Gasteiger partial charge in [-0.15, -0.1) is 22.9 Å². The zero-order chi connectivity index (χ0) is 13.3. The molecule has 1 fully saturated rings. The van der Waals surface area contributed by atoms with Crippen molar-refractivity contribution in [1.82, 2.24) is 4.31 Å². The van der Waals surface area contributed by atoms with Crippen molar-refractivity contribution in [3.63, 3.8) is 0 Å². The average molecular weight is 308 g/mol. The van der Waals surface area contributed by atoms with Gasteiger partial charge in [0.2, 0.25) is 10.0 Å². The second kappa shape index (κ2) is 5.49. The molecular formula is C12H18ClNO2S2.